The number of fused-ring (bicyclic) bond motifs is 1. The number of ether oxygens (including phenoxy) is 1. The zero-order chi connectivity index (χ0) is 25.3. The van der Waals surface area contributed by atoms with E-state index in [0.29, 0.717) is 12.2 Å². The predicted octanol–water partition coefficient (Wildman–Crippen LogP) is 0.759. The molecule has 1 unspecified atom stereocenters. The van der Waals surface area contributed by atoms with Crippen LogP contribution in [0, 0.1) is 0 Å². The lowest BCUT2D eigenvalue weighted by atomic mass is 9.87. The summed E-state index contributed by atoms with van der Waals surface area (Å²) in [6.07, 6.45) is 6.00. The first-order valence-electron chi connectivity index (χ1n) is 11.9. The number of amides is 1. The molecule has 4 rings (SSSR count). The minimum absolute atomic E-state index is 0.0334. The SMILES string of the molecule is COC1(c2ccccc2)C(=O)N(CCC[NH+]2CCCCC2)c2ccccc21.O=C([O-])/C=C\C(=O)O. The smallest absolute Gasteiger partial charge is 0.328 e. The molecule has 0 radical (unpaired) electrons. The molecule has 0 aliphatic carbocycles. The van der Waals surface area contributed by atoms with Crippen LogP contribution in [0.1, 0.15) is 36.8 Å². The maximum atomic E-state index is 13.6. The van der Waals surface area contributed by atoms with Crippen LogP contribution < -0.4 is 14.9 Å². The number of para-hydroxylation sites is 1. The maximum absolute atomic E-state index is 13.6. The lowest BCUT2D eigenvalue weighted by Gasteiger charge is -2.28. The Morgan fingerprint density at radius 1 is 1.06 bits per heavy atom. The molecule has 0 aromatic heterocycles. The van der Waals surface area contributed by atoms with Crippen LogP contribution in [-0.2, 0) is 24.7 Å². The van der Waals surface area contributed by atoms with Crippen LogP contribution in [-0.4, -0.2) is 56.2 Å². The van der Waals surface area contributed by atoms with Gasteiger partial charge < -0.3 is 29.5 Å². The molecule has 186 valence electrons. The van der Waals surface area contributed by atoms with E-state index in [0.717, 1.165) is 36.3 Å². The van der Waals surface area contributed by atoms with Crippen molar-refractivity contribution in [2.24, 2.45) is 0 Å². The number of piperidine rings is 1. The molecule has 1 fully saturated rings. The number of nitrogens with one attached hydrogen (secondary N) is 1. The number of aliphatic carboxylic acids is 2. The van der Waals surface area contributed by atoms with E-state index < -0.39 is 17.5 Å². The van der Waals surface area contributed by atoms with Crippen molar-refractivity contribution in [1.29, 1.82) is 0 Å². The number of nitrogens with zero attached hydrogens (tertiary/aromatic N) is 1. The van der Waals surface area contributed by atoms with Crippen LogP contribution in [0.15, 0.2) is 66.7 Å². The number of hydrogen-bond donors (Lipinski definition) is 2. The van der Waals surface area contributed by atoms with E-state index in [1.54, 1.807) is 12.0 Å². The number of quaternary nitrogens is 1. The molecule has 0 spiro atoms. The molecule has 8 nitrogen and oxygen atoms in total. The van der Waals surface area contributed by atoms with E-state index in [4.69, 9.17) is 9.84 Å². The van der Waals surface area contributed by atoms with Gasteiger partial charge in [-0.1, -0.05) is 48.5 Å². The highest BCUT2D eigenvalue weighted by molar-refractivity contribution is 6.09. The average molecular weight is 481 g/mol. The van der Waals surface area contributed by atoms with Gasteiger partial charge in [0.1, 0.15) is 0 Å². The zero-order valence-corrected chi connectivity index (χ0v) is 19.9. The molecule has 0 saturated carbocycles. The Morgan fingerprint density at radius 2 is 1.71 bits per heavy atom. The fourth-order valence-electron chi connectivity index (χ4n) is 4.84. The number of hydrogen-bond acceptors (Lipinski definition) is 5. The van der Waals surface area contributed by atoms with Crippen LogP contribution in [0.4, 0.5) is 5.69 Å². The molecule has 2 aliphatic rings. The predicted molar refractivity (Wildman–Crippen MR) is 129 cm³/mol. The van der Waals surface area contributed by atoms with E-state index in [1.165, 1.54) is 32.4 Å². The lowest BCUT2D eigenvalue weighted by Crippen LogP contribution is -3.12. The summed E-state index contributed by atoms with van der Waals surface area (Å²) in [5, 5.41) is 17.2. The second-order valence-corrected chi connectivity index (χ2v) is 8.63. The van der Waals surface area contributed by atoms with Gasteiger partial charge in [-0.25, -0.2) is 4.79 Å². The summed E-state index contributed by atoms with van der Waals surface area (Å²) in [4.78, 5) is 36.2. The van der Waals surface area contributed by atoms with Gasteiger partial charge in [-0.3, -0.25) is 4.79 Å². The standard InChI is InChI=1S/C23H28N2O2.C4H4O4/c1-27-23(19-11-4-2-5-12-19)20-13-6-7-14-21(20)25(22(23)26)18-10-17-24-15-8-3-9-16-24;5-3(6)1-2-4(7)8/h2,4-7,11-14H,3,8-10,15-18H2,1H3;1-2H,(H,5,6)(H,7,8)/b;2-1-. The molecule has 0 bridgehead atoms. The van der Waals surface area contributed by atoms with Crippen molar-refractivity contribution in [3.63, 3.8) is 0 Å². The van der Waals surface area contributed by atoms with Crippen LogP contribution in [0.2, 0.25) is 0 Å². The minimum Gasteiger partial charge on any atom is -0.545 e. The summed E-state index contributed by atoms with van der Waals surface area (Å²) < 4.78 is 5.95. The zero-order valence-electron chi connectivity index (χ0n) is 19.9. The van der Waals surface area contributed by atoms with E-state index in [9.17, 15) is 19.5 Å². The van der Waals surface area contributed by atoms with E-state index in [2.05, 4.69) is 0 Å². The fourth-order valence-corrected chi connectivity index (χ4v) is 4.84. The highest BCUT2D eigenvalue weighted by Gasteiger charge is 2.52. The molecule has 8 heteroatoms. The first-order chi connectivity index (χ1) is 16.9. The van der Waals surface area contributed by atoms with Gasteiger partial charge in [0.25, 0.3) is 5.91 Å². The van der Waals surface area contributed by atoms with Gasteiger partial charge in [0, 0.05) is 31.7 Å². The van der Waals surface area contributed by atoms with E-state index in [-0.39, 0.29) is 5.91 Å². The highest BCUT2D eigenvalue weighted by Crippen LogP contribution is 2.46. The van der Waals surface area contributed by atoms with Gasteiger partial charge in [-0.15, -0.1) is 0 Å². The summed E-state index contributed by atoms with van der Waals surface area (Å²) in [7, 11) is 1.64. The first-order valence-corrected chi connectivity index (χ1v) is 11.9. The van der Waals surface area contributed by atoms with Crippen molar-refractivity contribution in [2.45, 2.75) is 31.3 Å². The number of anilines is 1. The summed E-state index contributed by atoms with van der Waals surface area (Å²) in [5.41, 5.74) is 1.81. The van der Waals surface area contributed by atoms with Crippen LogP contribution in [0.5, 0.6) is 0 Å². The maximum Gasteiger partial charge on any atom is 0.328 e. The normalized spacial score (nSPS) is 19.8. The third kappa shape index (κ3) is 6.15. The van der Waals surface area contributed by atoms with Crippen molar-refractivity contribution in [2.75, 3.05) is 38.2 Å². The number of carboxylic acids is 2. The molecular formula is C27H32N2O6. The van der Waals surface area contributed by atoms with Gasteiger partial charge in [-0.05, 0) is 37.0 Å². The molecule has 1 atom stereocenters. The van der Waals surface area contributed by atoms with Gasteiger partial charge in [0.15, 0.2) is 5.60 Å². The molecule has 1 amide bonds. The molecule has 2 aromatic rings. The first kappa shape index (κ1) is 26.1. The summed E-state index contributed by atoms with van der Waals surface area (Å²) in [5.74, 6) is -2.77. The Balaban J connectivity index is 0.000000371. The fraction of sp³-hybridized carbons (Fsp3) is 0.370. The molecule has 2 N–H and O–H groups in total. The average Bonchev–Trinajstić information content (AvgIpc) is 3.12. The molecule has 35 heavy (non-hydrogen) atoms. The topological polar surface area (TPSA) is 111 Å². The van der Waals surface area contributed by atoms with Crippen LogP contribution in [0.3, 0.4) is 0 Å². The largest absolute Gasteiger partial charge is 0.545 e. The highest BCUT2D eigenvalue weighted by atomic mass is 16.5. The number of benzene rings is 2. The van der Waals surface area contributed by atoms with Crippen molar-refractivity contribution < 1.29 is 34.2 Å². The van der Waals surface area contributed by atoms with E-state index in [1.807, 2.05) is 59.5 Å². The number of methoxy groups -OCH3 is 1. The van der Waals surface area contributed by atoms with Crippen molar-refractivity contribution in [3.8, 4) is 0 Å². The Bertz CT molecular complexity index is 1030. The molecule has 2 heterocycles. The van der Waals surface area contributed by atoms with Crippen molar-refractivity contribution in [3.05, 3.63) is 77.9 Å². The summed E-state index contributed by atoms with van der Waals surface area (Å²) in [6.45, 7) is 4.43. The summed E-state index contributed by atoms with van der Waals surface area (Å²) >= 11 is 0. The number of carbonyl (C=O) groups excluding carboxylic acids is 2. The van der Waals surface area contributed by atoms with Gasteiger partial charge in [-0.2, -0.15) is 0 Å². The van der Waals surface area contributed by atoms with Gasteiger partial charge >= 0.3 is 5.97 Å². The number of rotatable bonds is 8. The second kappa shape index (κ2) is 12.3. The molecule has 2 aliphatic heterocycles. The Hall–Kier alpha value is -3.49. The Morgan fingerprint density at radius 3 is 2.31 bits per heavy atom. The van der Waals surface area contributed by atoms with Crippen molar-refractivity contribution in [1.82, 2.24) is 0 Å². The second-order valence-electron chi connectivity index (χ2n) is 8.63. The number of carboxylic acid groups (broad SMARTS) is 2. The molecular weight excluding hydrogens is 448 g/mol. The monoisotopic (exact) mass is 480 g/mol. The summed E-state index contributed by atoms with van der Waals surface area (Å²) in [6, 6.07) is 17.9. The minimum atomic E-state index is -1.51. The Kier molecular flexibility index (Phi) is 9.17. The molecule has 2 aromatic carbocycles. The van der Waals surface area contributed by atoms with E-state index >= 15 is 0 Å². The van der Waals surface area contributed by atoms with Crippen LogP contribution in [0.25, 0.3) is 0 Å². The molecule has 1 saturated heterocycles. The third-order valence-electron chi connectivity index (χ3n) is 6.44. The van der Waals surface area contributed by atoms with Crippen molar-refractivity contribution >= 4 is 23.5 Å². The quantitative estimate of drug-likeness (QED) is 0.540. The van der Waals surface area contributed by atoms with Gasteiger partial charge in [0.05, 0.1) is 31.3 Å². The number of carbonyl (C=O) groups is 3. The van der Waals surface area contributed by atoms with Crippen LogP contribution >= 0.6 is 0 Å². The Labute approximate surface area is 205 Å². The van der Waals surface area contributed by atoms with Gasteiger partial charge in [0.2, 0.25) is 0 Å². The lowest BCUT2D eigenvalue weighted by molar-refractivity contribution is -0.904. The number of likely N-dealkylation sites (tertiary alicyclic amines) is 1. The third-order valence-corrected chi connectivity index (χ3v) is 6.44.